The number of anilines is 1. The van der Waals surface area contributed by atoms with Gasteiger partial charge in [-0.15, -0.1) is 0 Å². The summed E-state index contributed by atoms with van der Waals surface area (Å²) in [7, 11) is -3.52. The van der Waals surface area contributed by atoms with Crippen LogP contribution in [0.25, 0.3) is 0 Å². The largest absolute Gasteiger partial charge is 0.322 e. The maximum absolute atomic E-state index is 12.9. The number of carbonyl (C=O) groups excluding carboxylic acids is 1. The van der Waals surface area contributed by atoms with Gasteiger partial charge in [0.2, 0.25) is 10.0 Å². The molecule has 0 unspecified atom stereocenters. The molecule has 0 spiro atoms. The number of amides is 1. The Kier molecular flexibility index (Phi) is 5.91. The summed E-state index contributed by atoms with van der Waals surface area (Å²) in [6, 6.07) is 12.1. The average molecular weight is 401 g/mol. The summed E-state index contributed by atoms with van der Waals surface area (Å²) >= 11 is 0. The van der Waals surface area contributed by atoms with Gasteiger partial charge in [-0.05, 0) is 68.5 Å². The fourth-order valence-electron chi connectivity index (χ4n) is 3.97. The molecule has 1 amide bonds. The fraction of sp³-hybridized carbons (Fsp3) is 0.409. The highest BCUT2D eigenvalue weighted by molar-refractivity contribution is 7.89. The van der Waals surface area contributed by atoms with Gasteiger partial charge in [-0.3, -0.25) is 4.79 Å². The Balaban J connectivity index is 1.75. The van der Waals surface area contributed by atoms with Crippen molar-refractivity contribution < 1.29 is 13.2 Å². The molecule has 0 bridgehead atoms. The second-order valence-electron chi connectivity index (χ2n) is 8.12. The maximum atomic E-state index is 12.9. The van der Waals surface area contributed by atoms with Gasteiger partial charge in [0.05, 0.1) is 4.90 Å². The van der Waals surface area contributed by atoms with Crippen molar-refractivity contribution in [3.8, 4) is 0 Å². The van der Waals surface area contributed by atoms with E-state index in [1.54, 1.807) is 28.6 Å². The molecule has 0 saturated carbocycles. The highest BCUT2D eigenvalue weighted by Gasteiger charge is 2.31. The van der Waals surface area contributed by atoms with E-state index in [2.05, 4.69) is 19.2 Å². The molecule has 3 rings (SSSR count). The topological polar surface area (TPSA) is 66.5 Å². The van der Waals surface area contributed by atoms with Gasteiger partial charge in [0.1, 0.15) is 0 Å². The Bertz CT molecular complexity index is 938. The third kappa shape index (κ3) is 4.62. The monoisotopic (exact) mass is 400 g/mol. The zero-order valence-corrected chi connectivity index (χ0v) is 17.7. The van der Waals surface area contributed by atoms with E-state index in [1.165, 1.54) is 0 Å². The molecule has 2 atom stereocenters. The number of rotatable bonds is 4. The molecule has 6 heteroatoms. The molecule has 0 aliphatic carbocycles. The third-order valence-electron chi connectivity index (χ3n) is 5.07. The molecule has 1 aliphatic rings. The molecular formula is C22H28N2O3S. The Labute approximate surface area is 167 Å². The van der Waals surface area contributed by atoms with E-state index in [-0.39, 0.29) is 10.8 Å². The molecular weight excluding hydrogens is 372 g/mol. The van der Waals surface area contributed by atoms with E-state index in [4.69, 9.17) is 0 Å². The molecule has 0 aromatic heterocycles. The Morgan fingerprint density at radius 1 is 0.964 bits per heavy atom. The number of aryl methyl sites for hydroxylation is 2. The maximum Gasteiger partial charge on any atom is 0.255 e. The Morgan fingerprint density at radius 2 is 1.50 bits per heavy atom. The van der Waals surface area contributed by atoms with Gasteiger partial charge in [-0.2, -0.15) is 4.31 Å². The summed E-state index contributed by atoms with van der Waals surface area (Å²) in [5, 5.41) is 2.84. The van der Waals surface area contributed by atoms with Gasteiger partial charge < -0.3 is 5.32 Å². The first-order chi connectivity index (χ1) is 13.1. The molecule has 150 valence electrons. The first-order valence-corrected chi connectivity index (χ1v) is 11.1. The smallest absolute Gasteiger partial charge is 0.255 e. The molecule has 0 radical (unpaired) electrons. The van der Waals surface area contributed by atoms with Gasteiger partial charge in [-0.1, -0.05) is 31.0 Å². The van der Waals surface area contributed by atoms with Gasteiger partial charge in [0.25, 0.3) is 5.91 Å². The summed E-state index contributed by atoms with van der Waals surface area (Å²) in [5.41, 5.74) is 3.21. The lowest BCUT2D eigenvalue weighted by atomic mass is 9.94. The minimum Gasteiger partial charge on any atom is -0.322 e. The lowest BCUT2D eigenvalue weighted by Crippen LogP contribution is -2.42. The molecule has 1 N–H and O–H groups in total. The van der Waals surface area contributed by atoms with Gasteiger partial charge in [0, 0.05) is 24.3 Å². The van der Waals surface area contributed by atoms with Crippen molar-refractivity contribution in [1.29, 1.82) is 0 Å². The van der Waals surface area contributed by atoms with E-state index in [9.17, 15) is 13.2 Å². The SMILES string of the molecule is Cc1cc(C)cc(C(=O)Nc2ccc(S(=O)(=O)N3C[C@@H](C)C[C@H](C)C3)cc2)c1. The predicted molar refractivity (Wildman–Crippen MR) is 112 cm³/mol. The fourth-order valence-corrected chi connectivity index (χ4v) is 5.65. The van der Waals surface area contributed by atoms with Gasteiger partial charge >= 0.3 is 0 Å². The summed E-state index contributed by atoms with van der Waals surface area (Å²) in [6.07, 6.45) is 1.05. The molecule has 2 aromatic rings. The minimum absolute atomic E-state index is 0.207. The number of benzene rings is 2. The van der Waals surface area contributed by atoms with E-state index >= 15 is 0 Å². The summed E-state index contributed by atoms with van der Waals surface area (Å²) in [4.78, 5) is 12.7. The van der Waals surface area contributed by atoms with Gasteiger partial charge in [-0.25, -0.2) is 8.42 Å². The molecule has 1 fully saturated rings. The van der Waals surface area contributed by atoms with E-state index in [1.807, 2.05) is 32.0 Å². The first-order valence-electron chi connectivity index (χ1n) is 9.65. The molecule has 1 aliphatic heterocycles. The normalized spacial score (nSPS) is 20.7. The second kappa shape index (κ2) is 8.05. The predicted octanol–water partition coefficient (Wildman–Crippen LogP) is 4.22. The highest BCUT2D eigenvalue weighted by Crippen LogP contribution is 2.27. The van der Waals surface area contributed by atoms with Crippen molar-refractivity contribution in [2.45, 2.75) is 39.0 Å². The van der Waals surface area contributed by atoms with Crippen molar-refractivity contribution in [2.24, 2.45) is 11.8 Å². The Morgan fingerprint density at radius 3 is 2.04 bits per heavy atom. The molecule has 2 aromatic carbocycles. The quantitative estimate of drug-likeness (QED) is 0.835. The molecule has 1 heterocycles. The summed E-state index contributed by atoms with van der Waals surface area (Å²) in [5.74, 6) is 0.505. The van der Waals surface area contributed by atoms with Crippen LogP contribution in [0.1, 0.15) is 41.8 Å². The number of nitrogens with one attached hydrogen (secondary N) is 1. The average Bonchev–Trinajstić information content (AvgIpc) is 2.60. The van der Waals surface area contributed by atoms with Crippen molar-refractivity contribution in [3.05, 3.63) is 59.2 Å². The summed E-state index contributed by atoms with van der Waals surface area (Å²) in [6.45, 7) is 9.18. The van der Waals surface area contributed by atoms with Crippen LogP contribution in [-0.2, 0) is 10.0 Å². The van der Waals surface area contributed by atoms with Crippen molar-refractivity contribution in [2.75, 3.05) is 18.4 Å². The zero-order valence-electron chi connectivity index (χ0n) is 16.9. The third-order valence-corrected chi connectivity index (χ3v) is 6.92. The van der Waals surface area contributed by atoms with Crippen LogP contribution in [0.5, 0.6) is 0 Å². The molecule has 1 saturated heterocycles. The molecule has 5 nitrogen and oxygen atoms in total. The molecule has 28 heavy (non-hydrogen) atoms. The number of hydrogen-bond donors (Lipinski definition) is 1. The highest BCUT2D eigenvalue weighted by atomic mass is 32.2. The standard InChI is InChI=1S/C22H28N2O3S/c1-15-9-16(2)12-19(11-15)22(25)23-20-5-7-21(8-6-20)28(26,27)24-13-17(3)10-18(4)14-24/h5-9,11-12,17-18H,10,13-14H2,1-4H3,(H,23,25)/t17-,18-/m0/s1. The van der Waals surface area contributed by atoms with E-state index < -0.39 is 10.0 Å². The lowest BCUT2D eigenvalue weighted by Gasteiger charge is -2.34. The number of piperidine rings is 1. The summed E-state index contributed by atoms with van der Waals surface area (Å²) < 4.78 is 27.5. The van der Waals surface area contributed by atoms with Crippen LogP contribution in [0.3, 0.4) is 0 Å². The van der Waals surface area contributed by atoms with Crippen molar-refractivity contribution >= 4 is 21.6 Å². The number of nitrogens with zero attached hydrogens (tertiary/aromatic N) is 1. The van der Waals surface area contributed by atoms with Crippen molar-refractivity contribution in [3.63, 3.8) is 0 Å². The van der Waals surface area contributed by atoms with Crippen LogP contribution < -0.4 is 5.32 Å². The zero-order chi connectivity index (χ0) is 20.5. The van der Waals surface area contributed by atoms with Crippen LogP contribution >= 0.6 is 0 Å². The van der Waals surface area contributed by atoms with E-state index in [0.29, 0.717) is 36.2 Å². The Hall–Kier alpha value is -2.18. The minimum atomic E-state index is -3.52. The lowest BCUT2D eigenvalue weighted by molar-refractivity contribution is 0.102. The van der Waals surface area contributed by atoms with Gasteiger partial charge in [0.15, 0.2) is 0 Å². The number of hydrogen-bond acceptors (Lipinski definition) is 3. The number of sulfonamides is 1. The van der Waals surface area contributed by atoms with Crippen LogP contribution in [0, 0.1) is 25.7 Å². The van der Waals surface area contributed by atoms with Crippen LogP contribution in [0.2, 0.25) is 0 Å². The first kappa shape index (κ1) is 20.6. The van der Waals surface area contributed by atoms with Crippen LogP contribution in [0.4, 0.5) is 5.69 Å². The van der Waals surface area contributed by atoms with E-state index in [0.717, 1.165) is 17.5 Å². The van der Waals surface area contributed by atoms with Crippen LogP contribution in [-0.4, -0.2) is 31.7 Å². The van der Waals surface area contributed by atoms with Crippen molar-refractivity contribution in [1.82, 2.24) is 4.31 Å². The number of carbonyl (C=O) groups is 1. The van der Waals surface area contributed by atoms with Crippen LogP contribution in [0.15, 0.2) is 47.4 Å². The second-order valence-corrected chi connectivity index (χ2v) is 10.1.